The molecular formula is C31H38N2O4. The van der Waals surface area contributed by atoms with E-state index in [2.05, 4.69) is 12.2 Å². The Balaban J connectivity index is 1.91. The molecule has 0 saturated carbocycles. The lowest BCUT2D eigenvalue weighted by molar-refractivity contribution is -0.143. The first-order valence-corrected chi connectivity index (χ1v) is 12.9. The largest absolute Gasteiger partial charge is 0.497 e. The van der Waals surface area contributed by atoms with E-state index in [4.69, 9.17) is 9.47 Å². The highest BCUT2D eigenvalue weighted by Gasteiger charge is 2.31. The van der Waals surface area contributed by atoms with Gasteiger partial charge in [-0.05, 0) is 60.7 Å². The molecule has 3 aromatic rings. The van der Waals surface area contributed by atoms with Crippen molar-refractivity contribution in [2.45, 2.75) is 58.7 Å². The lowest BCUT2D eigenvalue weighted by Gasteiger charge is -2.32. The van der Waals surface area contributed by atoms with E-state index >= 15 is 0 Å². The molecule has 0 radical (unpaired) electrons. The van der Waals surface area contributed by atoms with Gasteiger partial charge in [0.1, 0.15) is 17.5 Å². The summed E-state index contributed by atoms with van der Waals surface area (Å²) in [5.74, 6) is 0.876. The van der Waals surface area contributed by atoms with Crippen molar-refractivity contribution in [3.05, 3.63) is 95.6 Å². The second-order valence-corrected chi connectivity index (χ2v) is 9.18. The summed E-state index contributed by atoms with van der Waals surface area (Å²) in [4.78, 5) is 28.9. The van der Waals surface area contributed by atoms with Crippen molar-refractivity contribution in [3.63, 3.8) is 0 Å². The maximum absolute atomic E-state index is 13.7. The van der Waals surface area contributed by atoms with Crippen LogP contribution in [0.25, 0.3) is 0 Å². The fraction of sp³-hybridized carbons (Fsp3) is 0.355. The number of carbonyl (C=O) groups excluding carboxylic acids is 2. The number of hydrogen-bond donors (Lipinski definition) is 1. The highest BCUT2D eigenvalue weighted by Crippen LogP contribution is 2.19. The van der Waals surface area contributed by atoms with Gasteiger partial charge in [-0.25, -0.2) is 0 Å². The van der Waals surface area contributed by atoms with Gasteiger partial charge in [-0.3, -0.25) is 9.59 Å². The van der Waals surface area contributed by atoms with Crippen LogP contribution in [-0.4, -0.2) is 42.5 Å². The topological polar surface area (TPSA) is 67.9 Å². The second-order valence-electron chi connectivity index (χ2n) is 9.18. The molecule has 1 N–H and O–H groups in total. The highest BCUT2D eigenvalue weighted by molar-refractivity contribution is 5.88. The smallest absolute Gasteiger partial charge is 0.261 e. The summed E-state index contributed by atoms with van der Waals surface area (Å²) >= 11 is 0. The number of hydrogen-bond acceptors (Lipinski definition) is 4. The molecule has 6 nitrogen and oxygen atoms in total. The van der Waals surface area contributed by atoms with E-state index in [-0.39, 0.29) is 31.0 Å². The number of ether oxygens (including phenoxy) is 2. The minimum Gasteiger partial charge on any atom is -0.497 e. The van der Waals surface area contributed by atoms with Gasteiger partial charge in [-0.1, -0.05) is 68.4 Å². The van der Waals surface area contributed by atoms with Crippen LogP contribution in [0.1, 0.15) is 43.9 Å². The van der Waals surface area contributed by atoms with Gasteiger partial charge in [0.05, 0.1) is 7.11 Å². The molecule has 0 fully saturated rings. The van der Waals surface area contributed by atoms with Gasteiger partial charge in [0, 0.05) is 19.0 Å². The third-order valence-corrected chi connectivity index (χ3v) is 6.45. The molecule has 0 bridgehead atoms. The molecule has 0 aliphatic heterocycles. The zero-order chi connectivity index (χ0) is 26.6. The van der Waals surface area contributed by atoms with Gasteiger partial charge in [0.15, 0.2) is 6.61 Å². The summed E-state index contributed by atoms with van der Waals surface area (Å²) in [5, 5.41) is 3.08. The average molecular weight is 503 g/mol. The molecule has 6 heteroatoms. The summed E-state index contributed by atoms with van der Waals surface area (Å²) in [6.07, 6.45) is 2.12. The summed E-state index contributed by atoms with van der Waals surface area (Å²) < 4.78 is 11.3. The number of carbonyl (C=O) groups is 2. The Morgan fingerprint density at radius 3 is 2.22 bits per heavy atom. The molecule has 2 amide bonds. The molecule has 0 saturated heterocycles. The van der Waals surface area contributed by atoms with E-state index in [0.717, 1.165) is 24.0 Å². The Hall–Kier alpha value is -3.80. The highest BCUT2D eigenvalue weighted by atomic mass is 16.5. The van der Waals surface area contributed by atoms with Crippen molar-refractivity contribution < 1.29 is 19.1 Å². The normalized spacial score (nSPS) is 12.3. The zero-order valence-electron chi connectivity index (χ0n) is 22.3. The predicted octanol–water partition coefficient (Wildman–Crippen LogP) is 5.19. The Kier molecular flexibility index (Phi) is 10.6. The predicted molar refractivity (Wildman–Crippen MR) is 147 cm³/mol. The van der Waals surface area contributed by atoms with E-state index in [1.807, 2.05) is 92.7 Å². The summed E-state index contributed by atoms with van der Waals surface area (Å²) in [6, 6.07) is 24.3. The number of benzene rings is 3. The Morgan fingerprint density at radius 1 is 0.865 bits per heavy atom. The average Bonchev–Trinajstić information content (AvgIpc) is 2.94. The van der Waals surface area contributed by atoms with Crippen LogP contribution >= 0.6 is 0 Å². The summed E-state index contributed by atoms with van der Waals surface area (Å²) in [7, 11) is 1.61. The van der Waals surface area contributed by atoms with Gasteiger partial charge in [-0.15, -0.1) is 0 Å². The summed E-state index contributed by atoms with van der Waals surface area (Å²) in [6.45, 7) is 6.16. The van der Waals surface area contributed by atoms with E-state index in [1.165, 1.54) is 5.56 Å². The Labute approximate surface area is 220 Å². The fourth-order valence-electron chi connectivity index (χ4n) is 4.01. The van der Waals surface area contributed by atoms with Crippen LogP contribution in [0.5, 0.6) is 11.5 Å². The zero-order valence-corrected chi connectivity index (χ0v) is 22.3. The first-order chi connectivity index (χ1) is 17.9. The molecule has 0 spiro atoms. The number of rotatable bonds is 13. The van der Waals surface area contributed by atoms with E-state index < -0.39 is 6.04 Å². The van der Waals surface area contributed by atoms with E-state index in [0.29, 0.717) is 17.9 Å². The van der Waals surface area contributed by atoms with Crippen molar-refractivity contribution >= 4 is 11.8 Å². The molecule has 0 aliphatic carbocycles. The van der Waals surface area contributed by atoms with Crippen LogP contribution in [0.3, 0.4) is 0 Å². The van der Waals surface area contributed by atoms with Gasteiger partial charge in [-0.2, -0.15) is 0 Å². The lowest BCUT2D eigenvalue weighted by atomic mass is 10.0. The Morgan fingerprint density at radius 2 is 1.57 bits per heavy atom. The Bertz CT molecular complexity index is 1130. The molecule has 196 valence electrons. The molecule has 0 heterocycles. The molecule has 0 aromatic heterocycles. The minimum atomic E-state index is -0.707. The minimum absolute atomic E-state index is 0.00660. The quantitative estimate of drug-likeness (QED) is 0.349. The molecular weight excluding hydrogens is 464 g/mol. The van der Waals surface area contributed by atoms with Gasteiger partial charge in [0.2, 0.25) is 5.91 Å². The number of aryl methyl sites for hydroxylation is 1. The number of amides is 2. The van der Waals surface area contributed by atoms with Crippen molar-refractivity contribution in [1.82, 2.24) is 10.2 Å². The van der Waals surface area contributed by atoms with Crippen LogP contribution in [0.4, 0.5) is 0 Å². The molecule has 3 aromatic carbocycles. The van der Waals surface area contributed by atoms with Crippen molar-refractivity contribution in [3.8, 4) is 11.5 Å². The van der Waals surface area contributed by atoms with E-state index in [1.54, 1.807) is 12.0 Å². The molecule has 37 heavy (non-hydrogen) atoms. The SMILES string of the molecule is CCc1ccc(OCC(=O)N(Cc2cccc(OC)c2)[C@@H](Cc2ccccc2)C(=O)N[C@H](C)CC)cc1. The van der Waals surface area contributed by atoms with Gasteiger partial charge in [0.25, 0.3) is 5.91 Å². The van der Waals surface area contributed by atoms with Crippen LogP contribution < -0.4 is 14.8 Å². The van der Waals surface area contributed by atoms with Gasteiger partial charge >= 0.3 is 0 Å². The number of nitrogens with one attached hydrogen (secondary N) is 1. The fourth-order valence-corrected chi connectivity index (χ4v) is 4.01. The summed E-state index contributed by atoms with van der Waals surface area (Å²) in [5.41, 5.74) is 3.05. The molecule has 3 rings (SSSR count). The first kappa shape index (κ1) is 27.8. The number of nitrogens with zero attached hydrogens (tertiary/aromatic N) is 1. The van der Waals surface area contributed by atoms with Crippen LogP contribution in [-0.2, 0) is 29.0 Å². The molecule has 2 atom stereocenters. The van der Waals surface area contributed by atoms with Crippen molar-refractivity contribution in [2.24, 2.45) is 0 Å². The third-order valence-electron chi connectivity index (χ3n) is 6.45. The first-order valence-electron chi connectivity index (χ1n) is 12.9. The maximum atomic E-state index is 13.7. The van der Waals surface area contributed by atoms with Crippen LogP contribution in [0.15, 0.2) is 78.9 Å². The van der Waals surface area contributed by atoms with Crippen molar-refractivity contribution in [1.29, 1.82) is 0 Å². The van der Waals surface area contributed by atoms with Crippen LogP contribution in [0, 0.1) is 0 Å². The third kappa shape index (κ3) is 8.38. The molecule has 0 aliphatic rings. The molecule has 0 unspecified atom stereocenters. The van der Waals surface area contributed by atoms with Crippen molar-refractivity contribution in [2.75, 3.05) is 13.7 Å². The van der Waals surface area contributed by atoms with Crippen LogP contribution in [0.2, 0.25) is 0 Å². The monoisotopic (exact) mass is 502 g/mol. The maximum Gasteiger partial charge on any atom is 0.261 e. The lowest BCUT2D eigenvalue weighted by Crippen LogP contribution is -2.53. The van der Waals surface area contributed by atoms with E-state index in [9.17, 15) is 9.59 Å². The second kappa shape index (κ2) is 14.1. The standard InChI is InChI=1S/C31H38N2O4/c1-5-23(3)32-31(35)29(20-25-11-8-7-9-12-25)33(21-26-13-10-14-28(19-26)36-4)30(34)22-37-27-17-15-24(6-2)16-18-27/h7-19,23,29H,5-6,20-22H2,1-4H3,(H,32,35)/t23-,29+/m1/s1. The number of methoxy groups -OCH3 is 1. The van der Waals surface area contributed by atoms with Gasteiger partial charge < -0.3 is 19.7 Å².